The monoisotopic (exact) mass is 319 g/mol. The summed E-state index contributed by atoms with van der Waals surface area (Å²) in [6, 6.07) is 0.231. The highest BCUT2D eigenvalue weighted by atomic mass is 16.2. The van der Waals surface area contributed by atoms with Gasteiger partial charge in [-0.3, -0.25) is 14.4 Å². The summed E-state index contributed by atoms with van der Waals surface area (Å²) in [6.45, 7) is 4.01. The number of carbonyl (C=O) groups excluding carboxylic acids is 2. The molecule has 0 aliphatic carbocycles. The number of aryl methyl sites for hydroxylation is 1. The molecule has 2 aliphatic heterocycles. The molecule has 3 heterocycles. The maximum atomic E-state index is 12.2. The molecule has 1 atom stereocenters. The average Bonchev–Trinajstić information content (AvgIpc) is 2.84. The van der Waals surface area contributed by atoms with E-state index in [9.17, 15) is 14.4 Å². The lowest BCUT2D eigenvalue weighted by molar-refractivity contribution is -0.132. The zero-order chi connectivity index (χ0) is 16.6. The number of H-pyrrole nitrogens is 1. The molecule has 0 spiro atoms. The number of nitrogens with zero attached hydrogens (tertiary/aromatic N) is 3. The Morgan fingerprint density at radius 3 is 2.78 bits per heavy atom. The fraction of sp³-hybridized carbons (Fsp3) is 0.600. The van der Waals surface area contributed by atoms with Crippen molar-refractivity contribution in [1.29, 1.82) is 0 Å². The zero-order valence-corrected chi connectivity index (χ0v) is 13.3. The minimum Gasteiger partial charge on any atom is -0.351 e. The number of likely N-dealkylation sites (N-methyl/N-ethyl adjacent to an activating group) is 1. The van der Waals surface area contributed by atoms with E-state index in [1.807, 2.05) is 11.9 Å². The van der Waals surface area contributed by atoms with E-state index in [2.05, 4.69) is 20.2 Å². The van der Waals surface area contributed by atoms with Gasteiger partial charge < -0.3 is 20.1 Å². The van der Waals surface area contributed by atoms with Crippen molar-refractivity contribution < 1.29 is 9.59 Å². The molecule has 8 heteroatoms. The van der Waals surface area contributed by atoms with Gasteiger partial charge in [0.15, 0.2) is 0 Å². The molecular weight excluding hydrogens is 298 g/mol. The minimum atomic E-state index is -0.342. The van der Waals surface area contributed by atoms with Crippen LogP contribution in [0, 0.1) is 12.8 Å². The molecule has 0 bridgehead atoms. The molecule has 124 valence electrons. The van der Waals surface area contributed by atoms with Gasteiger partial charge in [-0.15, -0.1) is 0 Å². The second-order valence-corrected chi connectivity index (χ2v) is 6.36. The van der Waals surface area contributed by atoms with Crippen LogP contribution in [0.4, 0.5) is 0 Å². The Morgan fingerprint density at radius 2 is 2.13 bits per heavy atom. The molecule has 2 N–H and O–H groups in total. The Bertz CT molecular complexity index is 680. The van der Waals surface area contributed by atoms with Crippen LogP contribution >= 0.6 is 0 Å². The van der Waals surface area contributed by atoms with Crippen LogP contribution in [-0.4, -0.2) is 64.3 Å². The normalized spacial score (nSPS) is 22.3. The second-order valence-electron chi connectivity index (χ2n) is 6.36. The molecule has 2 fully saturated rings. The van der Waals surface area contributed by atoms with E-state index in [1.54, 1.807) is 6.92 Å². The fourth-order valence-corrected chi connectivity index (χ4v) is 3.09. The Kier molecular flexibility index (Phi) is 4.16. The first-order valence-electron chi connectivity index (χ1n) is 7.74. The minimum absolute atomic E-state index is 0.0399. The molecule has 1 aromatic heterocycles. The van der Waals surface area contributed by atoms with Crippen molar-refractivity contribution >= 4 is 11.8 Å². The summed E-state index contributed by atoms with van der Waals surface area (Å²) in [7, 11) is 2.01. The van der Waals surface area contributed by atoms with Crippen LogP contribution in [0.15, 0.2) is 11.0 Å². The molecule has 2 amide bonds. The van der Waals surface area contributed by atoms with Crippen LogP contribution in [-0.2, 0) is 16.1 Å². The van der Waals surface area contributed by atoms with E-state index < -0.39 is 0 Å². The van der Waals surface area contributed by atoms with Crippen LogP contribution in [0.25, 0.3) is 0 Å². The first kappa shape index (κ1) is 15.7. The number of nitrogens with one attached hydrogen (secondary N) is 2. The molecule has 1 unspecified atom stereocenters. The number of carbonyl (C=O) groups is 2. The van der Waals surface area contributed by atoms with Crippen molar-refractivity contribution in [3.05, 3.63) is 27.9 Å². The number of aromatic nitrogens is 2. The summed E-state index contributed by atoms with van der Waals surface area (Å²) in [6.07, 6.45) is 1.71. The lowest BCUT2D eigenvalue weighted by atomic mass is 10.1. The van der Waals surface area contributed by atoms with Crippen molar-refractivity contribution in [3.63, 3.8) is 0 Å². The Balaban J connectivity index is 1.55. The van der Waals surface area contributed by atoms with Gasteiger partial charge in [0, 0.05) is 38.8 Å². The number of rotatable bonds is 4. The SMILES string of the molecule is Cc1ncc(CNC(=O)C2CC(=O)N(C3CN(C)C3)C2)c(=O)[nH]1. The summed E-state index contributed by atoms with van der Waals surface area (Å²) in [5.74, 6) is 0.0464. The first-order valence-corrected chi connectivity index (χ1v) is 7.74. The van der Waals surface area contributed by atoms with Crippen LogP contribution < -0.4 is 10.9 Å². The molecule has 3 rings (SSSR count). The molecule has 0 saturated carbocycles. The van der Waals surface area contributed by atoms with Crippen molar-refractivity contribution in [2.24, 2.45) is 5.92 Å². The maximum Gasteiger partial charge on any atom is 0.255 e. The molecule has 2 aliphatic rings. The smallest absolute Gasteiger partial charge is 0.255 e. The van der Waals surface area contributed by atoms with E-state index in [1.165, 1.54) is 6.20 Å². The molecule has 23 heavy (non-hydrogen) atoms. The first-order chi connectivity index (χ1) is 10.9. The third-order valence-electron chi connectivity index (χ3n) is 4.47. The van der Waals surface area contributed by atoms with Crippen LogP contribution in [0.2, 0.25) is 0 Å². The van der Waals surface area contributed by atoms with Crippen molar-refractivity contribution in [2.75, 3.05) is 26.7 Å². The van der Waals surface area contributed by atoms with Gasteiger partial charge in [-0.25, -0.2) is 4.98 Å². The molecule has 0 radical (unpaired) electrons. The summed E-state index contributed by atoms with van der Waals surface area (Å²) >= 11 is 0. The lowest BCUT2D eigenvalue weighted by Gasteiger charge is -2.42. The summed E-state index contributed by atoms with van der Waals surface area (Å²) in [4.78, 5) is 46.6. The van der Waals surface area contributed by atoms with E-state index in [4.69, 9.17) is 0 Å². The Hall–Kier alpha value is -2.22. The van der Waals surface area contributed by atoms with Crippen LogP contribution in [0.3, 0.4) is 0 Å². The average molecular weight is 319 g/mol. The van der Waals surface area contributed by atoms with Crippen molar-refractivity contribution in [3.8, 4) is 0 Å². The number of hydrogen-bond donors (Lipinski definition) is 2. The topological polar surface area (TPSA) is 98.4 Å². The standard InChI is InChI=1S/C15H21N5O3/c1-9-16-4-11(15(23)18-9)5-17-14(22)10-3-13(21)20(6-10)12-7-19(2)8-12/h4,10,12H,3,5-8H2,1-2H3,(H,17,22)(H,16,18,23). The zero-order valence-electron chi connectivity index (χ0n) is 13.3. The molecular formula is C15H21N5O3. The molecule has 1 aromatic rings. The van der Waals surface area contributed by atoms with Gasteiger partial charge in [-0.1, -0.05) is 0 Å². The molecule has 2 saturated heterocycles. The van der Waals surface area contributed by atoms with Gasteiger partial charge in [-0.2, -0.15) is 0 Å². The highest BCUT2D eigenvalue weighted by Gasteiger charge is 2.41. The number of amides is 2. The Labute approximate surface area is 133 Å². The lowest BCUT2D eigenvalue weighted by Crippen LogP contribution is -2.58. The van der Waals surface area contributed by atoms with Gasteiger partial charge in [0.05, 0.1) is 17.5 Å². The second kappa shape index (κ2) is 6.11. The highest BCUT2D eigenvalue weighted by molar-refractivity contribution is 5.89. The Morgan fingerprint density at radius 1 is 1.39 bits per heavy atom. The number of likely N-dealkylation sites (tertiary alicyclic amines) is 2. The van der Waals surface area contributed by atoms with Crippen LogP contribution in [0.5, 0.6) is 0 Å². The van der Waals surface area contributed by atoms with Gasteiger partial charge in [-0.05, 0) is 14.0 Å². The summed E-state index contributed by atoms with van der Waals surface area (Å²) < 4.78 is 0. The van der Waals surface area contributed by atoms with Crippen LogP contribution in [0.1, 0.15) is 17.8 Å². The maximum absolute atomic E-state index is 12.2. The fourth-order valence-electron chi connectivity index (χ4n) is 3.09. The predicted octanol–water partition coefficient (Wildman–Crippen LogP) is -1.14. The van der Waals surface area contributed by atoms with E-state index in [0.717, 1.165) is 13.1 Å². The third-order valence-corrected chi connectivity index (χ3v) is 4.47. The van der Waals surface area contributed by atoms with Crippen molar-refractivity contribution in [1.82, 2.24) is 25.1 Å². The van der Waals surface area contributed by atoms with E-state index in [0.29, 0.717) is 17.9 Å². The van der Waals surface area contributed by atoms with Crippen molar-refractivity contribution in [2.45, 2.75) is 25.9 Å². The summed E-state index contributed by atoms with van der Waals surface area (Å²) in [5, 5.41) is 2.74. The predicted molar refractivity (Wildman–Crippen MR) is 82.5 cm³/mol. The van der Waals surface area contributed by atoms with Gasteiger partial charge >= 0.3 is 0 Å². The van der Waals surface area contributed by atoms with Gasteiger partial charge in [0.2, 0.25) is 11.8 Å². The van der Waals surface area contributed by atoms with Gasteiger partial charge in [0.1, 0.15) is 5.82 Å². The highest BCUT2D eigenvalue weighted by Crippen LogP contribution is 2.24. The molecule has 0 aromatic carbocycles. The quantitative estimate of drug-likeness (QED) is 0.731. The van der Waals surface area contributed by atoms with Gasteiger partial charge in [0.25, 0.3) is 5.56 Å². The number of aromatic amines is 1. The molecule has 8 nitrogen and oxygen atoms in total. The largest absolute Gasteiger partial charge is 0.351 e. The third kappa shape index (κ3) is 3.26. The summed E-state index contributed by atoms with van der Waals surface area (Å²) in [5.41, 5.74) is 0.158. The number of hydrogen-bond acceptors (Lipinski definition) is 5. The van der Waals surface area contributed by atoms with E-state index >= 15 is 0 Å². The van der Waals surface area contributed by atoms with E-state index in [-0.39, 0.29) is 42.3 Å².